The first-order chi connectivity index (χ1) is 7.42. The molecule has 0 radical (unpaired) electrons. The third-order valence-corrected chi connectivity index (χ3v) is 2.43. The van der Waals surface area contributed by atoms with Gasteiger partial charge in [-0.25, -0.2) is 0 Å². The predicted octanol–water partition coefficient (Wildman–Crippen LogP) is 2.67. The second kappa shape index (κ2) is 4.73. The van der Waals surface area contributed by atoms with Crippen LogP contribution in [0.1, 0.15) is 30.9 Å². The zero-order valence-electron chi connectivity index (χ0n) is 8.81. The van der Waals surface area contributed by atoms with Gasteiger partial charge in [0, 0.05) is 18.0 Å². The number of fused-ring (bicyclic) bond motifs is 1. The van der Waals surface area contributed by atoms with Crippen LogP contribution in [-0.2, 0) is 11.3 Å². The van der Waals surface area contributed by atoms with Gasteiger partial charge in [0.2, 0.25) is 0 Å². The van der Waals surface area contributed by atoms with Gasteiger partial charge in [-0.1, -0.05) is 5.16 Å². The fourth-order valence-electron chi connectivity index (χ4n) is 1.74. The smallest absolute Gasteiger partial charge is 0.117 e. The van der Waals surface area contributed by atoms with Gasteiger partial charge in [0.25, 0.3) is 0 Å². The molecule has 3 nitrogen and oxygen atoms in total. The second-order valence-corrected chi connectivity index (χ2v) is 3.50. The summed E-state index contributed by atoms with van der Waals surface area (Å²) >= 11 is 0. The molecule has 2 rings (SSSR count). The van der Waals surface area contributed by atoms with E-state index in [1.54, 1.807) is 12.5 Å². The van der Waals surface area contributed by atoms with E-state index in [9.17, 15) is 0 Å². The number of oxime groups is 1. The van der Waals surface area contributed by atoms with Crippen LogP contribution in [0.2, 0.25) is 0 Å². The van der Waals surface area contributed by atoms with Crippen LogP contribution in [0.15, 0.2) is 36.0 Å². The van der Waals surface area contributed by atoms with Crippen molar-refractivity contribution in [2.45, 2.75) is 26.2 Å². The third-order valence-electron chi connectivity index (χ3n) is 2.43. The van der Waals surface area contributed by atoms with Gasteiger partial charge in [0.1, 0.15) is 6.26 Å². The number of rotatable bonds is 2. The zero-order chi connectivity index (χ0) is 10.5. The topological polar surface area (TPSA) is 34.5 Å². The zero-order valence-corrected chi connectivity index (χ0v) is 8.81. The molecule has 0 atom stereocenters. The third kappa shape index (κ3) is 2.24. The SMILES string of the molecule is C/C=C/O/N=C1\CCCc2cnccc21. The predicted molar refractivity (Wildman–Crippen MR) is 59.6 cm³/mol. The molecule has 0 unspecified atom stereocenters. The Labute approximate surface area is 89.5 Å². The van der Waals surface area contributed by atoms with E-state index in [4.69, 9.17) is 4.84 Å². The van der Waals surface area contributed by atoms with E-state index < -0.39 is 0 Å². The molecule has 78 valence electrons. The van der Waals surface area contributed by atoms with Gasteiger partial charge in [0.15, 0.2) is 0 Å². The first kappa shape index (κ1) is 9.90. The minimum Gasteiger partial charge on any atom is -0.365 e. The van der Waals surface area contributed by atoms with Gasteiger partial charge in [-0.3, -0.25) is 4.98 Å². The Morgan fingerprint density at radius 3 is 3.27 bits per heavy atom. The molecule has 3 heteroatoms. The molecule has 0 bridgehead atoms. The van der Waals surface area contributed by atoms with Crippen LogP contribution >= 0.6 is 0 Å². The van der Waals surface area contributed by atoms with E-state index >= 15 is 0 Å². The van der Waals surface area contributed by atoms with Crippen LogP contribution in [0.5, 0.6) is 0 Å². The summed E-state index contributed by atoms with van der Waals surface area (Å²) < 4.78 is 0. The van der Waals surface area contributed by atoms with Gasteiger partial charge in [-0.15, -0.1) is 0 Å². The van der Waals surface area contributed by atoms with Gasteiger partial charge in [-0.2, -0.15) is 0 Å². The van der Waals surface area contributed by atoms with Crippen LogP contribution in [-0.4, -0.2) is 10.7 Å². The molecular formula is C12H14N2O. The Hall–Kier alpha value is -1.64. The Morgan fingerprint density at radius 2 is 2.40 bits per heavy atom. The molecule has 0 fully saturated rings. The number of hydrogen-bond donors (Lipinski definition) is 0. The lowest BCUT2D eigenvalue weighted by molar-refractivity contribution is 0.266. The van der Waals surface area contributed by atoms with E-state index in [0.29, 0.717) is 0 Å². The van der Waals surface area contributed by atoms with Crippen LogP contribution < -0.4 is 0 Å². The van der Waals surface area contributed by atoms with Crippen LogP contribution in [0, 0.1) is 0 Å². The quantitative estimate of drug-likeness (QED) is 0.546. The Kier molecular flexibility index (Phi) is 3.12. The number of aromatic nitrogens is 1. The molecule has 1 aromatic heterocycles. The van der Waals surface area contributed by atoms with E-state index in [2.05, 4.69) is 10.1 Å². The van der Waals surface area contributed by atoms with E-state index in [1.165, 1.54) is 11.1 Å². The Balaban J connectivity index is 2.25. The second-order valence-electron chi connectivity index (χ2n) is 3.50. The average Bonchev–Trinajstić information content (AvgIpc) is 2.30. The van der Waals surface area contributed by atoms with E-state index in [-0.39, 0.29) is 0 Å². The molecule has 0 aromatic carbocycles. The lowest BCUT2D eigenvalue weighted by Gasteiger charge is -2.15. The van der Waals surface area contributed by atoms with E-state index in [1.807, 2.05) is 25.3 Å². The summed E-state index contributed by atoms with van der Waals surface area (Å²) in [7, 11) is 0. The summed E-state index contributed by atoms with van der Waals surface area (Å²) in [4.78, 5) is 9.19. The fourth-order valence-corrected chi connectivity index (χ4v) is 1.74. The highest BCUT2D eigenvalue weighted by molar-refractivity contribution is 6.02. The first-order valence-electron chi connectivity index (χ1n) is 5.19. The van der Waals surface area contributed by atoms with Crippen molar-refractivity contribution in [3.63, 3.8) is 0 Å². The van der Waals surface area contributed by atoms with Crippen molar-refractivity contribution in [2.24, 2.45) is 5.16 Å². The molecule has 0 amide bonds. The number of nitrogens with zero attached hydrogens (tertiary/aromatic N) is 2. The highest BCUT2D eigenvalue weighted by atomic mass is 16.6. The minimum atomic E-state index is 0.981. The first-order valence-corrected chi connectivity index (χ1v) is 5.19. The standard InChI is InChI=1S/C12H14N2O/c1-2-8-15-14-12-5-3-4-10-9-13-7-6-11(10)12/h2,6-9H,3-5H2,1H3/b8-2+,14-12+. The molecule has 0 N–H and O–H groups in total. The van der Waals surface area contributed by atoms with E-state index in [0.717, 1.165) is 25.0 Å². The molecule has 1 aliphatic carbocycles. The Morgan fingerprint density at radius 1 is 1.47 bits per heavy atom. The molecule has 0 spiro atoms. The lowest BCUT2D eigenvalue weighted by atomic mass is 9.92. The molecule has 1 aliphatic rings. The number of pyridine rings is 1. The maximum Gasteiger partial charge on any atom is 0.117 e. The average molecular weight is 202 g/mol. The molecule has 0 aliphatic heterocycles. The molecule has 1 heterocycles. The molecule has 0 saturated heterocycles. The van der Waals surface area contributed by atoms with Gasteiger partial charge in [-0.05, 0) is 43.9 Å². The lowest BCUT2D eigenvalue weighted by Crippen LogP contribution is -2.12. The fraction of sp³-hybridized carbons (Fsp3) is 0.333. The summed E-state index contributed by atoms with van der Waals surface area (Å²) in [5.74, 6) is 0. The highest BCUT2D eigenvalue weighted by Gasteiger charge is 2.15. The van der Waals surface area contributed by atoms with Crippen LogP contribution in [0.3, 0.4) is 0 Å². The largest absolute Gasteiger partial charge is 0.365 e. The normalized spacial score (nSPS) is 18.1. The molecule has 15 heavy (non-hydrogen) atoms. The molecule has 1 aromatic rings. The summed E-state index contributed by atoms with van der Waals surface area (Å²) in [5.41, 5.74) is 3.48. The number of allylic oxidation sites excluding steroid dienone is 1. The van der Waals surface area contributed by atoms with Crippen molar-refractivity contribution in [1.29, 1.82) is 0 Å². The molecule has 0 saturated carbocycles. The Bertz CT molecular complexity index is 396. The van der Waals surface area contributed by atoms with Gasteiger partial charge < -0.3 is 4.84 Å². The van der Waals surface area contributed by atoms with Crippen LogP contribution in [0.4, 0.5) is 0 Å². The van der Waals surface area contributed by atoms with Crippen molar-refractivity contribution >= 4 is 5.71 Å². The summed E-state index contributed by atoms with van der Waals surface area (Å²) in [6.07, 6.45) is 10.3. The minimum absolute atomic E-state index is 0.981. The summed E-state index contributed by atoms with van der Waals surface area (Å²) in [6, 6.07) is 2.01. The van der Waals surface area contributed by atoms with Crippen molar-refractivity contribution in [1.82, 2.24) is 4.98 Å². The monoisotopic (exact) mass is 202 g/mol. The van der Waals surface area contributed by atoms with Crippen molar-refractivity contribution in [2.75, 3.05) is 0 Å². The van der Waals surface area contributed by atoms with Gasteiger partial charge >= 0.3 is 0 Å². The summed E-state index contributed by atoms with van der Waals surface area (Å²) in [6.45, 7) is 1.90. The van der Waals surface area contributed by atoms with Crippen molar-refractivity contribution in [3.8, 4) is 0 Å². The van der Waals surface area contributed by atoms with Crippen LogP contribution in [0.25, 0.3) is 0 Å². The highest BCUT2D eigenvalue weighted by Crippen LogP contribution is 2.20. The maximum absolute atomic E-state index is 5.07. The van der Waals surface area contributed by atoms with Crippen molar-refractivity contribution in [3.05, 3.63) is 41.9 Å². The number of hydrogen-bond acceptors (Lipinski definition) is 3. The maximum atomic E-state index is 5.07. The van der Waals surface area contributed by atoms with Crippen molar-refractivity contribution < 1.29 is 4.84 Å². The van der Waals surface area contributed by atoms with Gasteiger partial charge in [0.05, 0.1) is 5.71 Å². The number of aryl methyl sites for hydroxylation is 1. The summed E-state index contributed by atoms with van der Waals surface area (Å²) in [5, 5.41) is 4.12. The molecular weight excluding hydrogens is 188 g/mol.